The maximum absolute atomic E-state index is 12.4. The molecule has 2 aromatic carbocycles. The summed E-state index contributed by atoms with van der Waals surface area (Å²) in [5, 5.41) is 9.28. The maximum Gasteiger partial charge on any atom is 0.137 e. The lowest BCUT2D eigenvalue weighted by Gasteiger charge is -2.29. The Balaban J connectivity index is 1.48. The van der Waals surface area contributed by atoms with Crippen molar-refractivity contribution in [1.82, 2.24) is 0 Å². The third kappa shape index (κ3) is 5.44. The number of aryl methyl sites for hydroxylation is 2. The van der Waals surface area contributed by atoms with Crippen molar-refractivity contribution < 1.29 is 9.53 Å². The van der Waals surface area contributed by atoms with Gasteiger partial charge < -0.3 is 4.74 Å². The van der Waals surface area contributed by atoms with E-state index in [-0.39, 0.29) is 6.10 Å². The van der Waals surface area contributed by atoms with Crippen molar-refractivity contribution >= 4 is 5.78 Å². The first-order valence-electron chi connectivity index (χ1n) is 9.78. The Morgan fingerprint density at radius 2 is 1.81 bits per heavy atom. The van der Waals surface area contributed by atoms with Gasteiger partial charge in [0, 0.05) is 12.8 Å². The van der Waals surface area contributed by atoms with Crippen molar-refractivity contribution in [3.05, 3.63) is 64.7 Å². The summed E-state index contributed by atoms with van der Waals surface area (Å²) in [6.45, 7) is 4.03. The number of hydrogen-bond donors (Lipinski definition) is 0. The van der Waals surface area contributed by atoms with E-state index in [9.17, 15) is 10.1 Å². The predicted molar refractivity (Wildman–Crippen MR) is 107 cm³/mol. The Kier molecular flexibility index (Phi) is 6.29. The van der Waals surface area contributed by atoms with E-state index in [4.69, 9.17) is 4.74 Å². The molecule has 3 rings (SSSR count). The number of ether oxygens (including phenoxy) is 1. The summed E-state index contributed by atoms with van der Waals surface area (Å²) in [4.78, 5) is 12.4. The van der Waals surface area contributed by atoms with Gasteiger partial charge in [0.2, 0.25) is 0 Å². The molecule has 0 aromatic heterocycles. The van der Waals surface area contributed by atoms with Crippen LogP contribution >= 0.6 is 0 Å². The lowest BCUT2D eigenvalue weighted by atomic mass is 9.83. The van der Waals surface area contributed by atoms with E-state index in [1.165, 1.54) is 5.56 Å². The molecule has 1 saturated carbocycles. The molecule has 1 aliphatic carbocycles. The van der Waals surface area contributed by atoms with Crippen LogP contribution in [-0.2, 0) is 11.2 Å². The van der Waals surface area contributed by atoms with Crippen molar-refractivity contribution in [2.75, 3.05) is 0 Å². The molecule has 0 N–H and O–H groups in total. The fraction of sp³-hybridized carbons (Fsp3) is 0.417. The first-order chi connectivity index (χ1) is 13.0. The van der Waals surface area contributed by atoms with E-state index in [1.807, 2.05) is 37.3 Å². The molecule has 3 nitrogen and oxygen atoms in total. The van der Waals surface area contributed by atoms with Crippen LogP contribution in [0.15, 0.2) is 42.5 Å². The average molecular weight is 361 g/mol. The van der Waals surface area contributed by atoms with Crippen LogP contribution in [0, 0.1) is 31.1 Å². The lowest BCUT2D eigenvalue weighted by molar-refractivity contribution is -0.119. The van der Waals surface area contributed by atoms with Gasteiger partial charge in [-0.3, -0.25) is 4.79 Å². The molecule has 0 atom stereocenters. The molecular weight excluding hydrogens is 334 g/mol. The zero-order valence-corrected chi connectivity index (χ0v) is 16.2. The molecule has 2 aromatic rings. The van der Waals surface area contributed by atoms with Crippen LogP contribution in [0.5, 0.6) is 5.75 Å². The van der Waals surface area contributed by atoms with Gasteiger partial charge in [-0.05, 0) is 68.7 Å². The van der Waals surface area contributed by atoms with E-state index in [2.05, 4.69) is 25.1 Å². The Hall–Kier alpha value is -2.60. The second kappa shape index (κ2) is 8.86. The minimum absolute atomic E-state index is 0.142. The molecule has 0 bridgehead atoms. The quantitative estimate of drug-likeness (QED) is 0.700. The highest BCUT2D eigenvalue weighted by molar-refractivity contribution is 5.81. The van der Waals surface area contributed by atoms with Crippen LogP contribution in [-0.4, -0.2) is 11.9 Å². The van der Waals surface area contributed by atoms with Crippen molar-refractivity contribution in [3.63, 3.8) is 0 Å². The van der Waals surface area contributed by atoms with Gasteiger partial charge >= 0.3 is 0 Å². The van der Waals surface area contributed by atoms with E-state index < -0.39 is 0 Å². The standard InChI is InChI=1S/C24H27NO2/c1-17-4-3-5-20(12-17)15-22(26)14-19-7-9-23(10-8-19)27-24-11-6-18(2)13-21(24)16-25/h3-6,11-13,19,23H,7-10,14-15H2,1-2H3. The fourth-order valence-electron chi connectivity index (χ4n) is 3.91. The molecule has 140 valence electrons. The molecule has 0 spiro atoms. The minimum Gasteiger partial charge on any atom is -0.489 e. The van der Waals surface area contributed by atoms with Gasteiger partial charge in [-0.25, -0.2) is 0 Å². The molecule has 1 aliphatic rings. The highest BCUT2D eigenvalue weighted by Crippen LogP contribution is 2.31. The summed E-state index contributed by atoms with van der Waals surface area (Å²) < 4.78 is 6.09. The molecule has 0 aliphatic heterocycles. The second-order valence-corrected chi connectivity index (χ2v) is 7.78. The van der Waals surface area contributed by atoms with E-state index >= 15 is 0 Å². The monoisotopic (exact) mass is 361 g/mol. The summed E-state index contributed by atoms with van der Waals surface area (Å²) in [6, 6.07) is 16.2. The molecular formula is C24H27NO2. The third-order valence-electron chi connectivity index (χ3n) is 5.34. The van der Waals surface area contributed by atoms with Crippen LogP contribution in [0.4, 0.5) is 0 Å². The van der Waals surface area contributed by atoms with Gasteiger partial charge in [0.25, 0.3) is 0 Å². The zero-order valence-electron chi connectivity index (χ0n) is 16.2. The number of Topliss-reactive ketones (excluding diaryl/α,β-unsaturated/α-hetero) is 1. The summed E-state index contributed by atoms with van der Waals surface area (Å²) in [6.07, 6.45) is 5.25. The van der Waals surface area contributed by atoms with Gasteiger partial charge in [-0.1, -0.05) is 35.9 Å². The normalized spacial score (nSPS) is 19.3. The van der Waals surface area contributed by atoms with Crippen molar-refractivity contribution in [1.29, 1.82) is 5.26 Å². The first kappa shape index (κ1) is 19.2. The Bertz CT molecular complexity index is 842. The highest BCUT2D eigenvalue weighted by atomic mass is 16.5. The van der Waals surface area contributed by atoms with Gasteiger partial charge in [-0.15, -0.1) is 0 Å². The van der Waals surface area contributed by atoms with Gasteiger partial charge in [0.05, 0.1) is 11.7 Å². The molecule has 1 fully saturated rings. The molecule has 0 heterocycles. The minimum atomic E-state index is 0.142. The molecule has 0 unspecified atom stereocenters. The second-order valence-electron chi connectivity index (χ2n) is 7.78. The van der Waals surface area contributed by atoms with Crippen LogP contribution in [0.1, 0.15) is 54.4 Å². The topological polar surface area (TPSA) is 50.1 Å². The number of benzene rings is 2. The molecule has 27 heavy (non-hydrogen) atoms. The Morgan fingerprint density at radius 1 is 1.07 bits per heavy atom. The van der Waals surface area contributed by atoms with Crippen LogP contribution < -0.4 is 4.74 Å². The SMILES string of the molecule is Cc1cccc(CC(=O)CC2CCC(Oc3ccc(C)cc3C#N)CC2)c1. The number of ketones is 1. The first-order valence-corrected chi connectivity index (χ1v) is 9.78. The van der Waals surface area contributed by atoms with E-state index in [0.717, 1.165) is 36.8 Å². The Morgan fingerprint density at radius 3 is 2.52 bits per heavy atom. The molecule has 0 radical (unpaired) electrons. The van der Waals surface area contributed by atoms with E-state index in [0.29, 0.717) is 35.9 Å². The number of carbonyl (C=O) groups is 1. The molecule has 3 heteroatoms. The van der Waals surface area contributed by atoms with Gasteiger partial charge in [0.15, 0.2) is 0 Å². The summed E-state index contributed by atoms with van der Waals surface area (Å²) >= 11 is 0. The van der Waals surface area contributed by atoms with Crippen molar-refractivity contribution in [3.8, 4) is 11.8 Å². The summed E-state index contributed by atoms with van der Waals surface area (Å²) in [7, 11) is 0. The van der Waals surface area contributed by atoms with Crippen molar-refractivity contribution in [2.24, 2.45) is 5.92 Å². The zero-order chi connectivity index (χ0) is 19.2. The summed E-state index contributed by atoms with van der Waals surface area (Å²) in [5.41, 5.74) is 3.98. The molecule has 0 amide bonds. The summed E-state index contributed by atoms with van der Waals surface area (Å²) in [5.74, 6) is 1.47. The Labute approximate surface area is 162 Å². The molecule has 0 saturated heterocycles. The average Bonchev–Trinajstić information content (AvgIpc) is 2.64. The van der Waals surface area contributed by atoms with Crippen LogP contribution in [0.25, 0.3) is 0 Å². The van der Waals surface area contributed by atoms with Gasteiger partial charge in [0.1, 0.15) is 17.6 Å². The van der Waals surface area contributed by atoms with Crippen LogP contribution in [0.3, 0.4) is 0 Å². The third-order valence-corrected chi connectivity index (χ3v) is 5.34. The van der Waals surface area contributed by atoms with Gasteiger partial charge in [-0.2, -0.15) is 5.26 Å². The maximum atomic E-state index is 12.4. The number of rotatable bonds is 6. The fourth-order valence-corrected chi connectivity index (χ4v) is 3.91. The highest BCUT2D eigenvalue weighted by Gasteiger charge is 2.24. The largest absolute Gasteiger partial charge is 0.489 e. The van der Waals surface area contributed by atoms with Crippen LogP contribution in [0.2, 0.25) is 0 Å². The number of nitriles is 1. The van der Waals surface area contributed by atoms with E-state index in [1.54, 1.807) is 0 Å². The lowest BCUT2D eigenvalue weighted by Crippen LogP contribution is -2.26. The number of carbonyl (C=O) groups excluding carboxylic acids is 1. The number of hydrogen-bond acceptors (Lipinski definition) is 3. The van der Waals surface area contributed by atoms with Crippen molar-refractivity contribution in [2.45, 2.75) is 58.5 Å². The smallest absolute Gasteiger partial charge is 0.137 e. The predicted octanol–water partition coefficient (Wildman–Crippen LogP) is 5.31. The number of nitrogens with zero attached hydrogens (tertiary/aromatic N) is 1.